The number of hydrogen-bond acceptors (Lipinski definition) is 15. The van der Waals surface area contributed by atoms with Crippen LogP contribution in [-0.2, 0) is 58.1 Å². The SMILES string of the molecule is CCCC(=O)OOC(=O)CC(O)(C(=O)OOC(=O)CCC)C(C(=O)OOC(=O)CCC)C(C)(O)N(CC)CC. The number of carbonyl (C=O) groups excluding carboxylic acids is 6. The molecule has 0 aliphatic carbocycles. The Kier molecular flexibility index (Phi) is 15.9. The lowest BCUT2D eigenvalue weighted by Gasteiger charge is -2.44. The normalized spacial score (nSPS) is 14.7. The van der Waals surface area contributed by atoms with Crippen LogP contribution in [0.2, 0.25) is 0 Å². The zero-order valence-corrected chi connectivity index (χ0v) is 23.2. The van der Waals surface area contributed by atoms with Gasteiger partial charge < -0.3 is 10.2 Å². The number of rotatable bonds is 15. The van der Waals surface area contributed by atoms with Crippen LogP contribution >= 0.6 is 0 Å². The zero-order valence-electron chi connectivity index (χ0n) is 23.2. The Morgan fingerprint density at radius 2 is 1.03 bits per heavy atom. The molecule has 0 saturated heterocycles. The van der Waals surface area contributed by atoms with E-state index >= 15 is 0 Å². The molecule has 0 aliphatic rings. The second kappa shape index (κ2) is 17.3. The van der Waals surface area contributed by atoms with Crippen LogP contribution in [0.5, 0.6) is 0 Å². The molecular weight excluding hydrogens is 526 g/mol. The largest absolute Gasteiger partial charge is 0.388 e. The standard InChI is InChI=1S/C24H39NO14/c1-7-12-16(26)34-37-19(29)15-24(33,22(31)39-36-18(28)14-9-3)20(23(6,32)25(10-4)11-5)21(30)38-35-17(27)13-8-2/h20,32-33H,7-15H2,1-6H3. The van der Waals surface area contributed by atoms with Crippen molar-refractivity contribution in [1.29, 1.82) is 0 Å². The molecule has 0 heterocycles. The van der Waals surface area contributed by atoms with Crippen molar-refractivity contribution >= 4 is 35.8 Å². The first kappa shape index (κ1) is 35.7. The molecule has 39 heavy (non-hydrogen) atoms. The van der Waals surface area contributed by atoms with Gasteiger partial charge in [0.15, 0.2) is 5.60 Å². The summed E-state index contributed by atoms with van der Waals surface area (Å²) in [4.78, 5) is 101. The Morgan fingerprint density at radius 1 is 0.641 bits per heavy atom. The molecular formula is C24H39NO14. The summed E-state index contributed by atoms with van der Waals surface area (Å²) < 4.78 is 0. The predicted octanol–water partition coefficient (Wildman–Crippen LogP) is 1.18. The second-order valence-electron chi connectivity index (χ2n) is 8.64. The summed E-state index contributed by atoms with van der Waals surface area (Å²) in [7, 11) is 0. The third kappa shape index (κ3) is 11.1. The average molecular weight is 566 g/mol. The van der Waals surface area contributed by atoms with Crippen molar-refractivity contribution in [3.63, 3.8) is 0 Å². The van der Waals surface area contributed by atoms with Gasteiger partial charge in [0.25, 0.3) is 0 Å². The van der Waals surface area contributed by atoms with Crippen LogP contribution in [0.3, 0.4) is 0 Å². The molecule has 0 rings (SSSR count). The van der Waals surface area contributed by atoms with Crippen molar-refractivity contribution in [2.45, 2.75) is 97.8 Å². The van der Waals surface area contributed by atoms with Gasteiger partial charge in [0, 0.05) is 19.3 Å². The minimum atomic E-state index is -3.37. The first-order chi connectivity index (χ1) is 18.2. The van der Waals surface area contributed by atoms with E-state index in [2.05, 4.69) is 29.3 Å². The van der Waals surface area contributed by atoms with Crippen molar-refractivity contribution in [1.82, 2.24) is 4.90 Å². The zero-order chi connectivity index (χ0) is 30.2. The highest BCUT2D eigenvalue weighted by Crippen LogP contribution is 2.36. The molecule has 3 unspecified atom stereocenters. The molecule has 0 bridgehead atoms. The van der Waals surface area contributed by atoms with Crippen molar-refractivity contribution in [3.05, 3.63) is 0 Å². The third-order valence-corrected chi connectivity index (χ3v) is 5.45. The molecule has 0 spiro atoms. The minimum absolute atomic E-state index is 0.0542. The Balaban J connectivity index is 6.54. The van der Waals surface area contributed by atoms with Crippen molar-refractivity contribution in [3.8, 4) is 0 Å². The minimum Gasteiger partial charge on any atom is -0.377 e. The predicted molar refractivity (Wildman–Crippen MR) is 128 cm³/mol. The van der Waals surface area contributed by atoms with Crippen molar-refractivity contribution in [2.75, 3.05) is 13.1 Å². The Hall–Kier alpha value is -3.30. The van der Waals surface area contributed by atoms with Gasteiger partial charge in [-0.3, -0.25) is 4.90 Å². The van der Waals surface area contributed by atoms with Crippen LogP contribution in [0.4, 0.5) is 0 Å². The van der Waals surface area contributed by atoms with Crippen molar-refractivity contribution in [2.24, 2.45) is 5.92 Å². The molecule has 2 N–H and O–H groups in total. The van der Waals surface area contributed by atoms with E-state index in [-0.39, 0.29) is 32.4 Å². The van der Waals surface area contributed by atoms with Gasteiger partial charge in [-0.2, -0.15) is 0 Å². The lowest BCUT2D eigenvalue weighted by atomic mass is 9.77. The number of hydrogen-bond donors (Lipinski definition) is 2. The molecule has 0 radical (unpaired) electrons. The van der Waals surface area contributed by atoms with E-state index in [0.29, 0.717) is 19.3 Å². The Labute approximate surface area is 226 Å². The fraction of sp³-hybridized carbons (Fsp3) is 0.750. The van der Waals surface area contributed by atoms with E-state index in [1.807, 2.05) is 0 Å². The molecule has 0 aromatic carbocycles. The molecule has 0 aromatic heterocycles. The first-order valence-electron chi connectivity index (χ1n) is 12.7. The Bertz CT molecular complexity index is 854. The summed E-state index contributed by atoms with van der Waals surface area (Å²) in [6.07, 6.45) is -0.925. The van der Waals surface area contributed by atoms with Crippen LogP contribution in [0.25, 0.3) is 0 Å². The highest BCUT2D eigenvalue weighted by molar-refractivity contribution is 5.92. The molecule has 0 amide bonds. The highest BCUT2D eigenvalue weighted by Gasteiger charge is 2.62. The molecule has 0 aromatic rings. The summed E-state index contributed by atoms with van der Waals surface area (Å²) in [5.41, 5.74) is -5.85. The van der Waals surface area contributed by atoms with Crippen LogP contribution in [0, 0.1) is 5.92 Å². The van der Waals surface area contributed by atoms with Gasteiger partial charge in [-0.1, -0.05) is 34.6 Å². The van der Waals surface area contributed by atoms with Gasteiger partial charge in [-0.05, 0) is 39.3 Å². The third-order valence-electron chi connectivity index (χ3n) is 5.45. The van der Waals surface area contributed by atoms with Gasteiger partial charge >= 0.3 is 35.8 Å². The lowest BCUT2D eigenvalue weighted by Crippen LogP contribution is -2.65. The number of aliphatic hydroxyl groups is 2. The fourth-order valence-corrected chi connectivity index (χ4v) is 3.58. The quantitative estimate of drug-likeness (QED) is 0.163. The molecule has 3 atom stereocenters. The van der Waals surface area contributed by atoms with Gasteiger partial charge in [-0.15, -0.1) is 0 Å². The fourth-order valence-electron chi connectivity index (χ4n) is 3.58. The van der Waals surface area contributed by atoms with E-state index in [4.69, 9.17) is 0 Å². The lowest BCUT2D eigenvalue weighted by molar-refractivity contribution is -0.297. The summed E-state index contributed by atoms with van der Waals surface area (Å²) in [5.74, 6) is -10.5. The van der Waals surface area contributed by atoms with Gasteiger partial charge in [0.1, 0.15) is 11.6 Å². The van der Waals surface area contributed by atoms with Crippen LogP contribution in [0.15, 0.2) is 0 Å². The average Bonchev–Trinajstić information content (AvgIpc) is 2.85. The van der Waals surface area contributed by atoms with Gasteiger partial charge in [-0.25, -0.2) is 58.1 Å². The maximum absolute atomic E-state index is 13.2. The van der Waals surface area contributed by atoms with Gasteiger partial charge in [0.05, 0.1) is 6.42 Å². The monoisotopic (exact) mass is 565 g/mol. The second-order valence-corrected chi connectivity index (χ2v) is 8.64. The highest BCUT2D eigenvalue weighted by atomic mass is 17.2. The first-order valence-corrected chi connectivity index (χ1v) is 12.7. The maximum Gasteiger partial charge on any atom is 0.388 e. The van der Waals surface area contributed by atoms with E-state index in [9.17, 15) is 39.0 Å². The van der Waals surface area contributed by atoms with Crippen LogP contribution in [-0.4, -0.2) is 75.3 Å². The van der Waals surface area contributed by atoms with E-state index < -0.39 is 59.5 Å². The summed E-state index contributed by atoms with van der Waals surface area (Å²) in [6.45, 7) is 9.20. The van der Waals surface area contributed by atoms with Crippen molar-refractivity contribution < 1.29 is 68.3 Å². The van der Waals surface area contributed by atoms with E-state index in [1.54, 1.807) is 34.6 Å². The van der Waals surface area contributed by atoms with Crippen LogP contribution in [0.1, 0.15) is 86.5 Å². The van der Waals surface area contributed by atoms with Crippen LogP contribution < -0.4 is 0 Å². The summed E-state index contributed by atoms with van der Waals surface area (Å²) >= 11 is 0. The molecule has 0 saturated carbocycles. The molecule has 15 nitrogen and oxygen atoms in total. The smallest absolute Gasteiger partial charge is 0.377 e. The molecule has 0 aliphatic heterocycles. The topological polar surface area (TPSA) is 201 Å². The molecule has 0 fully saturated rings. The van der Waals surface area contributed by atoms with E-state index in [1.165, 1.54) is 4.90 Å². The van der Waals surface area contributed by atoms with Gasteiger partial charge in [0.2, 0.25) is 0 Å². The molecule has 15 heteroatoms. The van der Waals surface area contributed by atoms with E-state index in [0.717, 1.165) is 6.92 Å². The summed E-state index contributed by atoms with van der Waals surface area (Å²) in [6, 6.07) is 0. The molecule has 224 valence electrons. The maximum atomic E-state index is 13.2. The summed E-state index contributed by atoms with van der Waals surface area (Å²) in [5, 5.41) is 22.9. The number of carbonyl (C=O) groups is 6. The Morgan fingerprint density at radius 3 is 1.44 bits per heavy atom. The number of nitrogens with zero attached hydrogens (tertiary/aromatic N) is 1.